The molecule has 1 aliphatic rings. The monoisotopic (exact) mass is 231 g/mol. The van der Waals surface area contributed by atoms with Crippen molar-refractivity contribution < 1.29 is 13.5 Å². The van der Waals surface area contributed by atoms with E-state index in [1.54, 1.807) is 7.05 Å². The fourth-order valence-corrected chi connectivity index (χ4v) is 3.71. The van der Waals surface area contributed by atoms with E-state index in [-0.39, 0.29) is 17.4 Å². The van der Waals surface area contributed by atoms with Gasteiger partial charge in [-0.05, 0) is 6.42 Å². The maximum Gasteiger partial charge on any atom is 0.150 e. The molecule has 1 fully saturated rings. The van der Waals surface area contributed by atoms with Crippen molar-refractivity contribution in [2.45, 2.75) is 12.5 Å². The smallest absolute Gasteiger partial charge is 0.150 e. The molecular formula is C8H13N3O3S. The van der Waals surface area contributed by atoms with Crippen molar-refractivity contribution in [3.05, 3.63) is 11.9 Å². The fraction of sp³-hybridized carbons (Fsp3) is 0.750. The molecule has 0 spiro atoms. The van der Waals surface area contributed by atoms with Gasteiger partial charge in [0.15, 0.2) is 9.84 Å². The van der Waals surface area contributed by atoms with Gasteiger partial charge >= 0.3 is 0 Å². The molecule has 2 heterocycles. The summed E-state index contributed by atoms with van der Waals surface area (Å²) in [5.41, 5.74) is 0.567. The lowest BCUT2D eigenvalue weighted by Crippen LogP contribution is -2.17. The van der Waals surface area contributed by atoms with Gasteiger partial charge in [-0.3, -0.25) is 0 Å². The zero-order chi connectivity index (χ0) is 11.1. The highest BCUT2D eigenvalue weighted by Gasteiger charge is 2.34. The van der Waals surface area contributed by atoms with Crippen molar-refractivity contribution in [2.24, 2.45) is 13.0 Å². The summed E-state index contributed by atoms with van der Waals surface area (Å²) < 4.78 is 24.0. The highest BCUT2D eigenvalue weighted by Crippen LogP contribution is 2.30. The first-order valence-corrected chi connectivity index (χ1v) is 6.55. The third-order valence-electron chi connectivity index (χ3n) is 2.77. The maximum atomic E-state index is 11.3. The summed E-state index contributed by atoms with van der Waals surface area (Å²) in [7, 11) is -1.28. The molecule has 1 aromatic rings. The third-order valence-corrected chi connectivity index (χ3v) is 4.56. The van der Waals surface area contributed by atoms with Crippen molar-refractivity contribution >= 4 is 9.84 Å². The number of hydrogen-bond acceptors (Lipinski definition) is 5. The second-order valence-corrected chi connectivity index (χ2v) is 6.12. The van der Waals surface area contributed by atoms with Crippen LogP contribution in [0.3, 0.4) is 0 Å². The van der Waals surface area contributed by atoms with Crippen molar-refractivity contribution in [3.63, 3.8) is 0 Å². The summed E-state index contributed by atoms with van der Waals surface area (Å²) in [5.74, 6) is -0.00786. The van der Waals surface area contributed by atoms with E-state index in [1.807, 2.05) is 0 Å². The van der Waals surface area contributed by atoms with Gasteiger partial charge in [-0.2, -0.15) is 0 Å². The topological polar surface area (TPSA) is 85.1 Å². The minimum Gasteiger partial charge on any atom is -0.386 e. The largest absolute Gasteiger partial charge is 0.386 e. The Labute approximate surface area is 87.8 Å². The van der Waals surface area contributed by atoms with Crippen molar-refractivity contribution in [2.75, 3.05) is 11.5 Å². The number of aliphatic hydroxyl groups excluding tert-OH is 1. The number of aryl methyl sites for hydroxylation is 1. The lowest BCUT2D eigenvalue weighted by Gasteiger charge is -2.15. The molecular weight excluding hydrogens is 218 g/mol. The SMILES string of the molecule is Cn1nncc1C(O)C1CCS(=O)(=O)C1. The van der Waals surface area contributed by atoms with Crippen LogP contribution in [0.1, 0.15) is 18.2 Å². The first-order chi connectivity index (χ1) is 6.99. The zero-order valence-corrected chi connectivity index (χ0v) is 9.18. The molecule has 2 atom stereocenters. The second kappa shape index (κ2) is 3.57. The number of aromatic nitrogens is 3. The quantitative estimate of drug-likeness (QED) is 0.726. The Hall–Kier alpha value is -0.950. The number of nitrogens with zero attached hydrogens (tertiary/aromatic N) is 3. The molecule has 1 aromatic heterocycles. The van der Waals surface area contributed by atoms with Gasteiger partial charge < -0.3 is 5.11 Å². The van der Waals surface area contributed by atoms with Crippen molar-refractivity contribution in [1.82, 2.24) is 15.0 Å². The molecule has 7 heteroatoms. The number of rotatable bonds is 2. The van der Waals surface area contributed by atoms with Crippen molar-refractivity contribution in [3.8, 4) is 0 Å². The summed E-state index contributed by atoms with van der Waals surface area (Å²) in [6.45, 7) is 0. The van der Waals surface area contributed by atoms with Crippen LogP contribution in [0.5, 0.6) is 0 Å². The van der Waals surface area contributed by atoms with E-state index >= 15 is 0 Å². The van der Waals surface area contributed by atoms with Gasteiger partial charge in [0.25, 0.3) is 0 Å². The van der Waals surface area contributed by atoms with Gasteiger partial charge in [-0.25, -0.2) is 13.1 Å². The highest BCUT2D eigenvalue weighted by molar-refractivity contribution is 7.91. The fourth-order valence-electron chi connectivity index (χ4n) is 1.88. The van der Waals surface area contributed by atoms with Crippen LogP contribution < -0.4 is 0 Å². The Morgan fingerprint density at radius 3 is 2.87 bits per heavy atom. The van der Waals surface area contributed by atoms with Gasteiger partial charge in [0.1, 0.15) is 6.10 Å². The Kier molecular flexibility index (Phi) is 2.51. The van der Waals surface area contributed by atoms with Crippen LogP contribution in [-0.2, 0) is 16.9 Å². The van der Waals surface area contributed by atoms with Gasteiger partial charge in [0, 0.05) is 13.0 Å². The van der Waals surface area contributed by atoms with Crippen LogP contribution in [0.15, 0.2) is 6.20 Å². The summed E-state index contributed by atoms with van der Waals surface area (Å²) in [4.78, 5) is 0. The summed E-state index contributed by atoms with van der Waals surface area (Å²) in [5, 5.41) is 17.3. The molecule has 0 amide bonds. The number of hydrogen-bond donors (Lipinski definition) is 1. The minimum atomic E-state index is -2.95. The van der Waals surface area contributed by atoms with Crippen molar-refractivity contribution in [1.29, 1.82) is 0 Å². The molecule has 2 rings (SSSR count). The molecule has 0 bridgehead atoms. The molecule has 0 aromatic carbocycles. The molecule has 0 radical (unpaired) electrons. The average molecular weight is 231 g/mol. The van der Waals surface area contributed by atoms with Gasteiger partial charge in [-0.15, -0.1) is 5.10 Å². The lowest BCUT2D eigenvalue weighted by molar-refractivity contribution is 0.112. The first-order valence-electron chi connectivity index (χ1n) is 4.73. The van der Waals surface area contributed by atoms with E-state index in [1.165, 1.54) is 10.9 Å². The summed E-state index contributed by atoms with van der Waals surface area (Å²) >= 11 is 0. The zero-order valence-electron chi connectivity index (χ0n) is 8.37. The molecule has 1 aliphatic heterocycles. The van der Waals surface area contributed by atoms with Crippen LogP contribution in [0.25, 0.3) is 0 Å². The number of sulfone groups is 1. The van der Waals surface area contributed by atoms with Crippen LogP contribution >= 0.6 is 0 Å². The third kappa shape index (κ3) is 2.03. The molecule has 0 aliphatic carbocycles. The van der Waals surface area contributed by atoms with Crippen LogP contribution in [0.4, 0.5) is 0 Å². The van der Waals surface area contributed by atoms with E-state index in [0.29, 0.717) is 12.1 Å². The predicted octanol–water partition coefficient (Wildman–Crippen LogP) is -0.717. The first kappa shape index (κ1) is 10.6. The molecule has 2 unspecified atom stereocenters. The maximum absolute atomic E-state index is 11.3. The highest BCUT2D eigenvalue weighted by atomic mass is 32.2. The molecule has 1 saturated heterocycles. The van der Waals surface area contributed by atoms with E-state index < -0.39 is 15.9 Å². The minimum absolute atomic E-state index is 0.0549. The summed E-state index contributed by atoms with van der Waals surface area (Å²) in [6.07, 6.45) is 1.19. The lowest BCUT2D eigenvalue weighted by atomic mass is 10.00. The van der Waals surface area contributed by atoms with Gasteiger partial charge in [0.05, 0.1) is 23.4 Å². The Bertz CT molecular complexity index is 453. The van der Waals surface area contributed by atoms with Crippen LogP contribution in [0, 0.1) is 5.92 Å². The molecule has 84 valence electrons. The van der Waals surface area contributed by atoms with E-state index in [4.69, 9.17) is 0 Å². The standard InChI is InChI=1S/C8H13N3O3S/c1-11-7(4-9-10-11)8(12)6-2-3-15(13,14)5-6/h4,6,8,12H,2-3,5H2,1H3. The van der Waals surface area contributed by atoms with E-state index in [0.717, 1.165) is 0 Å². The van der Waals surface area contributed by atoms with E-state index in [2.05, 4.69) is 10.3 Å². The van der Waals surface area contributed by atoms with E-state index in [9.17, 15) is 13.5 Å². The predicted molar refractivity (Wildman–Crippen MR) is 52.7 cm³/mol. The molecule has 1 N–H and O–H groups in total. The second-order valence-electron chi connectivity index (χ2n) is 3.89. The Morgan fingerprint density at radius 2 is 2.40 bits per heavy atom. The van der Waals surface area contributed by atoms with Crippen LogP contribution in [0.2, 0.25) is 0 Å². The molecule has 15 heavy (non-hydrogen) atoms. The number of aliphatic hydroxyl groups is 1. The van der Waals surface area contributed by atoms with Crippen LogP contribution in [-0.4, -0.2) is 40.0 Å². The van der Waals surface area contributed by atoms with Gasteiger partial charge in [0.2, 0.25) is 0 Å². The molecule has 0 saturated carbocycles. The Morgan fingerprint density at radius 1 is 1.67 bits per heavy atom. The normalized spacial score (nSPS) is 26.7. The average Bonchev–Trinajstić information content (AvgIpc) is 2.71. The Balaban J connectivity index is 2.17. The summed E-state index contributed by atoms with van der Waals surface area (Å²) in [6, 6.07) is 0. The van der Waals surface area contributed by atoms with Gasteiger partial charge in [-0.1, -0.05) is 5.21 Å². The molecule has 6 nitrogen and oxygen atoms in total.